The Balaban J connectivity index is 2.85. The second kappa shape index (κ2) is 5.50. The van der Waals surface area contributed by atoms with Crippen molar-refractivity contribution in [1.29, 1.82) is 0 Å². The van der Waals surface area contributed by atoms with E-state index in [0.717, 1.165) is 0 Å². The van der Waals surface area contributed by atoms with E-state index in [1.807, 2.05) is 12.4 Å². The Labute approximate surface area is 92.6 Å². The number of allylic oxidation sites excluding steroid dienone is 1. The lowest BCUT2D eigenvalue weighted by atomic mass is 10.0. The van der Waals surface area contributed by atoms with E-state index in [1.54, 1.807) is 0 Å². The fourth-order valence-corrected chi connectivity index (χ4v) is 1.41. The van der Waals surface area contributed by atoms with Gasteiger partial charge in [-0.25, -0.2) is 0 Å². The van der Waals surface area contributed by atoms with Crippen LogP contribution in [-0.4, -0.2) is 6.21 Å². The van der Waals surface area contributed by atoms with Crippen molar-refractivity contribution in [2.45, 2.75) is 27.7 Å². The van der Waals surface area contributed by atoms with Crippen LogP contribution in [0.15, 0.2) is 35.5 Å². The lowest BCUT2D eigenvalue weighted by molar-refractivity contribution is 0.907. The van der Waals surface area contributed by atoms with Gasteiger partial charge >= 0.3 is 0 Å². The van der Waals surface area contributed by atoms with Crippen LogP contribution >= 0.6 is 0 Å². The third-order valence-electron chi connectivity index (χ3n) is 2.22. The zero-order chi connectivity index (χ0) is 11.3. The van der Waals surface area contributed by atoms with E-state index < -0.39 is 0 Å². The van der Waals surface area contributed by atoms with Gasteiger partial charge in [-0.3, -0.25) is 4.99 Å². The van der Waals surface area contributed by atoms with Crippen LogP contribution in [0.1, 0.15) is 31.9 Å². The normalized spacial score (nSPS) is 12.7. The Kier molecular flexibility index (Phi) is 4.29. The lowest BCUT2D eigenvalue weighted by Gasteiger charge is -2.03. The van der Waals surface area contributed by atoms with E-state index in [9.17, 15) is 0 Å². The molecule has 1 rings (SSSR count). The second-order valence-electron chi connectivity index (χ2n) is 4.17. The van der Waals surface area contributed by atoms with Crippen molar-refractivity contribution >= 4 is 11.8 Å². The number of benzene rings is 1. The summed E-state index contributed by atoms with van der Waals surface area (Å²) in [5, 5.41) is 0. The molecule has 0 unspecified atom stereocenters. The highest BCUT2D eigenvalue weighted by molar-refractivity contribution is 5.68. The third-order valence-corrected chi connectivity index (χ3v) is 2.22. The van der Waals surface area contributed by atoms with Crippen LogP contribution in [-0.2, 0) is 0 Å². The van der Waals surface area contributed by atoms with Gasteiger partial charge in [-0.15, -0.1) is 0 Å². The van der Waals surface area contributed by atoms with Crippen molar-refractivity contribution in [3.63, 3.8) is 0 Å². The number of nitrogens with zero attached hydrogens (tertiary/aromatic N) is 1. The molecule has 0 amide bonds. The molecule has 0 bridgehead atoms. The fourth-order valence-electron chi connectivity index (χ4n) is 1.41. The predicted molar refractivity (Wildman–Crippen MR) is 68.2 cm³/mol. The maximum absolute atomic E-state index is 4.30. The first-order valence-corrected chi connectivity index (χ1v) is 5.37. The molecule has 1 heteroatoms. The minimum atomic E-state index is 0.505. The van der Waals surface area contributed by atoms with E-state index in [1.165, 1.54) is 16.7 Å². The van der Waals surface area contributed by atoms with Crippen LogP contribution < -0.4 is 0 Å². The minimum absolute atomic E-state index is 0.505. The molecule has 1 aromatic carbocycles. The summed E-state index contributed by atoms with van der Waals surface area (Å²) in [7, 11) is 0. The van der Waals surface area contributed by atoms with Crippen LogP contribution in [0.5, 0.6) is 0 Å². The van der Waals surface area contributed by atoms with Crippen LogP contribution in [0.3, 0.4) is 0 Å². The molecule has 0 saturated heterocycles. The van der Waals surface area contributed by atoms with Crippen LogP contribution in [0.25, 0.3) is 5.57 Å². The molecule has 0 N–H and O–H groups in total. The monoisotopic (exact) mass is 201 g/mol. The summed E-state index contributed by atoms with van der Waals surface area (Å²) < 4.78 is 0. The van der Waals surface area contributed by atoms with Crippen molar-refractivity contribution in [2.24, 2.45) is 10.9 Å². The van der Waals surface area contributed by atoms with Gasteiger partial charge in [0.15, 0.2) is 0 Å². The van der Waals surface area contributed by atoms with Crippen molar-refractivity contribution in [2.75, 3.05) is 0 Å². The topological polar surface area (TPSA) is 12.4 Å². The molecule has 0 fully saturated rings. The Morgan fingerprint density at radius 3 is 2.53 bits per heavy atom. The van der Waals surface area contributed by atoms with Gasteiger partial charge in [-0.1, -0.05) is 38.1 Å². The number of rotatable bonds is 3. The summed E-state index contributed by atoms with van der Waals surface area (Å²) in [4.78, 5) is 4.30. The zero-order valence-corrected chi connectivity index (χ0v) is 9.99. The zero-order valence-electron chi connectivity index (χ0n) is 9.99. The van der Waals surface area contributed by atoms with Crippen molar-refractivity contribution < 1.29 is 0 Å². The highest BCUT2D eigenvalue weighted by Crippen LogP contribution is 2.17. The molecule has 0 atom stereocenters. The first kappa shape index (κ1) is 11.7. The van der Waals surface area contributed by atoms with Gasteiger partial charge < -0.3 is 0 Å². The molecular formula is C14H19N. The van der Waals surface area contributed by atoms with Crippen LogP contribution in [0.4, 0.5) is 0 Å². The van der Waals surface area contributed by atoms with E-state index >= 15 is 0 Å². The molecule has 15 heavy (non-hydrogen) atoms. The van der Waals surface area contributed by atoms with Gasteiger partial charge in [0.05, 0.1) is 0 Å². The average Bonchev–Trinajstić information content (AvgIpc) is 2.17. The first-order chi connectivity index (χ1) is 7.11. The van der Waals surface area contributed by atoms with E-state index in [2.05, 4.69) is 57.0 Å². The average molecular weight is 201 g/mol. The lowest BCUT2D eigenvalue weighted by Crippen LogP contribution is -1.87. The first-order valence-electron chi connectivity index (χ1n) is 5.37. The molecule has 0 aliphatic rings. The Hall–Kier alpha value is -1.37. The second-order valence-corrected chi connectivity index (χ2v) is 4.17. The van der Waals surface area contributed by atoms with Crippen molar-refractivity contribution in [1.82, 2.24) is 0 Å². The third kappa shape index (κ3) is 3.70. The molecule has 0 saturated carbocycles. The molecule has 0 aliphatic heterocycles. The maximum Gasteiger partial charge on any atom is 0.0299 e. The molecule has 1 aromatic rings. The quantitative estimate of drug-likeness (QED) is 0.653. The van der Waals surface area contributed by atoms with Gasteiger partial charge in [0.25, 0.3) is 0 Å². The molecular weight excluding hydrogens is 182 g/mol. The summed E-state index contributed by atoms with van der Waals surface area (Å²) in [6.45, 7) is 8.47. The molecule has 80 valence electrons. The molecule has 0 heterocycles. The molecule has 0 radical (unpaired) electrons. The van der Waals surface area contributed by atoms with Gasteiger partial charge in [0.2, 0.25) is 0 Å². The summed E-state index contributed by atoms with van der Waals surface area (Å²) in [5.41, 5.74) is 3.79. The fraction of sp³-hybridized carbons (Fsp3) is 0.357. The van der Waals surface area contributed by atoms with Gasteiger partial charge in [0.1, 0.15) is 0 Å². The number of aliphatic imine (C=N–C) groups is 1. The Bertz CT molecular complexity index is 373. The van der Waals surface area contributed by atoms with Gasteiger partial charge in [0, 0.05) is 12.4 Å². The predicted octanol–water partition coefficient (Wildman–Crippen LogP) is 4.08. The van der Waals surface area contributed by atoms with E-state index in [-0.39, 0.29) is 0 Å². The summed E-state index contributed by atoms with van der Waals surface area (Å²) >= 11 is 0. The summed E-state index contributed by atoms with van der Waals surface area (Å²) in [6.07, 6.45) is 3.89. The summed E-state index contributed by atoms with van der Waals surface area (Å²) in [6, 6.07) is 8.38. The standard InChI is InChI=1S/C14H19N/c1-11(2)9-15-10-13(4)14-8-6-5-7-12(14)3/h5-11H,1-4H3/b13-10+,15-9?. The number of hydrogen-bond donors (Lipinski definition) is 0. The van der Waals surface area contributed by atoms with E-state index in [0.29, 0.717) is 5.92 Å². The highest BCUT2D eigenvalue weighted by atomic mass is 14.7. The number of aryl methyl sites for hydroxylation is 1. The maximum atomic E-state index is 4.30. The largest absolute Gasteiger partial charge is 0.269 e. The van der Waals surface area contributed by atoms with Crippen LogP contribution in [0, 0.1) is 12.8 Å². The Morgan fingerprint density at radius 2 is 1.93 bits per heavy atom. The Morgan fingerprint density at radius 1 is 1.27 bits per heavy atom. The van der Waals surface area contributed by atoms with Crippen molar-refractivity contribution in [3.8, 4) is 0 Å². The van der Waals surface area contributed by atoms with Crippen LogP contribution in [0.2, 0.25) is 0 Å². The molecule has 1 nitrogen and oxygen atoms in total. The molecule has 0 spiro atoms. The number of hydrogen-bond acceptors (Lipinski definition) is 1. The molecule has 0 aromatic heterocycles. The smallest absolute Gasteiger partial charge is 0.0299 e. The minimum Gasteiger partial charge on any atom is -0.269 e. The summed E-state index contributed by atoms with van der Waals surface area (Å²) in [5.74, 6) is 0.505. The van der Waals surface area contributed by atoms with Gasteiger partial charge in [-0.05, 0) is 36.5 Å². The van der Waals surface area contributed by atoms with Gasteiger partial charge in [-0.2, -0.15) is 0 Å². The van der Waals surface area contributed by atoms with Crippen molar-refractivity contribution in [3.05, 3.63) is 41.6 Å². The highest BCUT2D eigenvalue weighted by Gasteiger charge is 1.97. The van der Waals surface area contributed by atoms with E-state index in [4.69, 9.17) is 0 Å². The molecule has 0 aliphatic carbocycles. The SMILES string of the molecule is C/C(=C\N=CC(C)C)c1ccccc1C.